The molecular formula is C14H19FN2O5S. The number of benzene rings is 1. The molecule has 1 amide bonds. The predicted octanol–water partition coefficient (Wildman–Crippen LogP) is 0.817. The number of carboxylic acids is 1. The van der Waals surface area contributed by atoms with Gasteiger partial charge >= 0.3 is 5.97 Å². The van der Waals surface area contributed by atoms with E-state index < -0.39 is 21.8 Å². The van der Waals surface area contributed by atoms with E-state index >= 15 is 0 Å². The number of hydrogen-bond acceptors (Lipinski definition) is 4. The highest BCUT2D eigenvalue weighted by molar-refractivity contribution is 7.89. The SMILES string of the molecule is CN(CCCC(=O)NCCC(=O)O)S(=O)(=O)c1ccc(F)cc1. The molecule has 0 aliphatic rings. The molecule has 0 radical (unpaired) electrons. The van der Waals surface area contributed by atoms with Crippen LogP contribution in [0, 0.1) is 5.82 Å². The molecule has 1 rings (SSSR count). The first kappa shape index (κ1) is 19.0. The highest BCUT2D eigenvalue weighted by atomic mass is 32.2. The highest BCUT2D eigenvalue weighted by Gasteiger charge is 2.20. The second-order valence-electron chi connectivity index (χ2n) is 4.88. The number of rotatable bonds is 9. The Balaban J connectivity index is 2.43. The molecular weight excluding hydrogens is 327 g/mol. The minimum atomic E-state index is -3.72. The van der Waals surface area contributed by atoms with Crippen molar-refractivity contribution in [2.75, 3.05) is 20.1 Å². The molecule has 1 aromatic carbocycles. The van der Waals surface area contributed by atoms with E-state index in [1.54, 1.807) is 0 Å². The highest BCUT2D eigenvalue weighted by Crippen LogP contribution is 2.15. The van der Waals surface area contributed by atoms with Crippen LogP contribution in [0.25, 0.3) is 0 Å². The van der Waals surface area contributed by atoms with E-state index in [0.717, 1.165) is 16.4 Å². The van der Waals surface area contributed by atoms with Crippen molar-refractivity contribution in [3.63, 3.8) is 0 Å². The van der Waals surface area contributed by atoms with E-state index in [-0.39, 0.29) is 43.2 Å². The molecule has 23 heavy (non-hydrogen) atoms. The van der Waals surface area contributed by atoms with Gasteiger partial charge in [0, 0.05) is 26.6 Å². The van der Waals surface area contributed by atoms with Crippen LogP contribution in [0.3, 0.4) is 0 Å². The summed E-state index contributed by atoms with van der Waals surface area (Å²) in [7, 11) is -2.35. The molecule has 9 heteroatoms. The zero-order valence-electron chi connectivity index (χ0n) is 12.7. The fourth-order valence-corrected chi connectivity index (χ4v) is 2.98. The summed E-state index contributed by atoms with van der Waals surface area (Å²) in [5.74, 6) is -1.86. The topological polar surface area (TPSA) is 104 Å². The largest absolute Gasteiger partial charge is 0.481 e. The van der Waals surface area contributed by atoms with Gasteiger partial charge in [0.25, 0.3) is 0 Å². The van der Waals surface area contributed by atoms with Gasteiger partial charge in [-0.2, -0.15) is 0 Å². The number of amides is 1. The van der Waals surface area contributed by atoms with Crippen LogP contribution < -0.4 is 5.32 Å². The molecule has 128 valence electrons. The molecule has 0 aliphatic carbocycles. The van der Waals surface area contributed by atoms with Gasteiger partial charge in [0.1, 0.15) is 5.82 Å². The molecule has 0 aromatic heterocycles. The predicted molar refractivity (Wildman–Crippen MR) is 80.7 cm³/mol. The van der Waals surface area contributed by atoms with Crippen molar-refractivity contribution in [3.8, 4) is 0 Å². The number of nitrogens with zero attached hydrogens (tertiary/aromatic N) is 1. The normalized spacial score (nSPS) is 11.4. The summed E-state index contributed by atoms with van der Waals surface area (Å²) in [6.07, 6.45) is 0.212. The second-order valence-corrected chi connectivity index (χ2v) is 6.92. The molecule has 7 nitrogen and oxygen atoms in total. The first-order chi connectivity index (χ1) is 10.7. The number of carbonyl (C=O) groups excluding carboxylic acids is 1. The molecule has 0 aliphatic heterocycles. The van der Waals surface area contributed by atoms with E-state index in [9.17, 15) is 22.4 Å². The lowest BCUT2D eigenvalue weighted by molar-refractivity contribution is -0.136. The van der Waals surface area contributed by atoms with E-state index in [1.165, 1.54) is 19.2 Å². The van der Waals surface area contributed by atoms with Crippen LogP contribution in [0.1, 0.15) is 19.3 Å². The van der Waals surface area contributed by atoms with Crippen molar-refractivity contribution < 1.29 is 27.5 Å². The lowest BCUT2D eigenvalue weighted by Crippen LogP contribution is -2.30. The third-order valence-electron chi connectivity index (χ3n) is 3.06. The minimum Gasteiger partial charge on any atom is -0.481 e. The van der Waals surface area contributed by atoms with Crippen LogP contribution in [0.15, 0.2) is 29.2 Å². The van der Waals surface area contributed by atoms with Gasteiger partial charge in [-0.15, -0.1) is 0 Å². The molecule has 0 atom stereocenters. The molecule has 0 heterocycles. The van der Waals surface area contributed by atoms with Crippen molar-refractivity contribution in [3.05, 3.63) is 30.1 Å². The fraction of sp³-hybridized carbons (Fsp3) is 0.429. The number of hydrogen-bond donors (Lipinski definition) is 2. The van der Waals surface area contributed by atoms with Gasteiger partial charge in [0.05, 0.1) is 11.3 Å². The minimum absolute atomic E-state index is 0.0210. The second kappa shape index (κ2) is 8.59. The summed E-state index contributed by atoms with van der Waals surface area (Å²) >= 11 is 0. The van der Waals surface area contributed by atoms with Gasteiger partial charge in [-0.1, -0.05) is 0 Å². The summed E-state index contributed by atoms with van der Waals surface area (Å²) in [4.78, 5) is 21.7. The number of aliphatic carboxylic acids is 1. The number of carboxylic acid groups (broad SMARTS) is 1. The van der Waals surface area contributed by atoms with Gasteiger partial charge in [0.15, 0.2) is 0 Å². The quantitative estimate of drug-likeness (QED) is 0.689. The lowest BCUT2D eigenvalue weighted by atomic mass is 10.3. The molecule has 0 fully saturated rings. The van der Waals surface area contributed by atoms with Crippen LogP contribution in [0.4, 0.5) is 4.39 Å². The molecule has 0 unspecified atom stereocenters. The van der Waals surface area contributed by atoms with E-state index in [0.29, 0.717) is 0 Å². The van der Waals surface area contributed by atoms with Crippen LogP contribution >= 0.6 is 0 Å². The monoisotopic (exact) mass is 346 g/mol. The van der Waals surface area contributed by atoms with Crippen LogP contribution in [-0.2, 0) is 19.6 Å². The van der Waals surface area contributed by atoms with Gasteiger partial charge in [-0.3, -0.25) is 9.59 Å². The Morgan fingerprint density at radius 2 is 1.83 bits per heavy atom. The molecule has 0 saturated heterocycles. The Hall–Kier alpha value is -2.00. The molecule has 2 N–H and O–H groups in total. The molecule has 1 aromatic rings. The fourth-order valence-electron chi connectivity index (χ4n) is 1.77. The third-order valence-corrected chi connectivity index (χ3v) is 4.93. The van der Waals surface area contributed by atoms with Crippen molar-refractivity contribution in [1.29, 1.82) is 0 Å². The van der Waals surface area contributed by atoms with E-state index in [1.807, 2.05) is 0 Å². The number of sulfonamides is 1. The third kappa shape index (κ3) is 6.33. The summed E-state index contributed by atoms with van der Waals surface area (Å²) in [5.41, 5.74) is 0. The first-order valence-electron chi connectivity index (χ1n) is 6.94. The molecule has 0 bridgehead atoms. The number of nitrogens with one attached hydrogen (secondary N) is 1. The van der Waals surface area contributed by atoms with Gasteiger partial charge in [-0.25, -0.2) is 17.1 Å². The smallest absolute Gasteiger partial charge is 0.305 e. The van der Waals surface area contributed by atoms with Crippen molar-refractivity contribution in [1.82, 2.24) is 9.62 Å². The molecule has 0 saturated carbocycles. The van der Waals surface area contributed by atoms with Crippen molar-refractivity contribution in [2.45, 2.75) is 24.2 Å². The summed E-state index contributed by atoms with van der Waals surface area (Å²) < 4.78 is 38.3. The summed E-state index contributed by atoms with van der Waals surface area (Å²) in [6.45, 7) is 0.157. The Kier molecular flexibility index (Phi) is 7.11. The first-order valence-corrected chi connectivity index (χ1v) is 8.38. The average Bonchev–Trinajstić information content (AvgIpc) is 2.47. The Morgan fingerprint density at radius 1 is 1.22 bits per heavy atom. The van der Waals surface area contributed by atoms with Gasteiger partial charge in [-0.05, 0) is 30.7 Å². The summed E-state index contributed by atoms with van der Waals surface area (Å²) in [5, 5.41) is 10.9. The molecule has 0 spiro atoms. The zero-order chi connectivity index (χ0) is 17.5. The Bertz CT molecular complexity index is 646. The van der Waals surface area contributed by atoms with Crippen LogP contribution in [-0.4, -0.2) is 49.8 Å². The standard InChI is InChI=1S/C14H19FN2O5S/c1-17(10-2-3-13(18)16-9-8-14(19)20)23(21,22)12-6-4-11(15)5-7-12/h4-7H,2-3,8-10H2,1H3,(H,16,18)(H,19,20). The van der Waals surface area contributed by atoms with Crippen LogP contribution in [0.5, 0.6) is 0 Å². The number of carbonyl (C=O) groups is 2. The number of halogens is 1. The van der Waals surface area contributed by atoms with Gasteiger partial charge < -0.3 is 10.4 Å². The maximum Gasteiger partial charge on any atom is 0.305 e. The summed E-state index contributed by atoms with van der Waals surface area (Å²) in [6, 6.07) is 4.49. The maximum absolute atomic E-state index is 12.8. The van der Waals surface area contributed by atoms with Crippen molar-refractivity contribution >= 4 is 21.9 Å². The van der Waals surface area contributed by atoms with Gasteiger partial charge in [0.2, 0.25) is 15.9 Å². The lowest BCUT2D eigenvalue weighted by Gasteiger charge is -2.17. The van der Waals surface area contributed by atoms with E-state index in [2.05, 4.69) is 5.32 Å². The Morgan fingerprint density at radius 3 is 2.39 bits per heavy atom. The average molecular weight is 346 g/mol. The van der Waals surface area contributed by atoms with E-state index in [4.69, 9.17) is 5.11 Å². The maximum atomic E-state index is 12.8. The van der Waals surface area contributed by atoms with Crippen LogP contribution in [0.2, 0.25) is 0 Å². The zero-order valence-corrected chi connectivity index (χ0v) is 13.5. The Labute approximate surface area is 134 Å². The van der Waals surface area contributed by atoms with Crippen molar-refractivity contribution in [2.24, 2.45) is 0 Å².